The van der Waals surface area contributed by atoms with Crippen LogP contribution in [0, 0.1) is 0 Å². The van der Waals surface area contributed by atoms with Gasteiger partial charge in [-0.3, -0.25) is 4.79 Å². The Morgan fingerprint density at radius 2 is 1.81 bits per heavy atom. The largest absolute Gasteiger partial charge is 0.508 e. The minimum absolute atomic E-state index is 0.00859. The fourth-order valence-electron chi connectivity index (χ4n) is 2.06. The van der Waals surface area contributed by atoms with Crippen LogP contribution in [0.15, 0.2) is 48.1 Å². The molecule has 0 spiro atoms. The van der Waals surface area contributed by atoms with Crippen molar-refractivity contribution in [3.63, 3.8) is 0 Å². The smallest absolute Gasteiger partial charge is 0.428 e. The van der Waals surface area contributed by atoms with E-state index >= 15 is 0 Å². The number of rotatable bonds is 5. The molecule has 2 atom stereocenters. The number of alkyl halides is 6. The van der Waals surface area contributed by atoms with Gasteiger partial charge < -0.3 is 15.2 Å². The van der Waals surface area contributed by atoms with Crippen molar-refractivity contribution in [3.05, 3.63) is 48.1 Å². The lowest BCUT2D eigenvalue weighted by Gasteiger charge is -2.26. The Kier molecular flexibility index (Phi) is 5.65. The maximum Gasteiger partial charge on any atom is 0.428 e. The van der Waals surface area contributed by atoms with Crippen LogP contribution in [0.3, 0.4) is 0 Å². The maximum absolute atomic E-state index is 13.2. The monoisotopic (exact) mass is 381 g/mol. The summed E-state index contributed by atoms with van der Waals surface area (Å²) in [5.74, 6) is -0.610. The Morgan fingerprint density at radius 3 is 2.31 bits per heavy atom. The van der Waals surface area contributed by atoms with Crippen molar-refractivity contribution in [1.82, 2.24) is 0 Å². The predicted molar refractivity (Wildman–Crippen MR) is 79.3 cm³/mol. The van der Waals surface area contributed by atoms with Crippen LogP contribution >= 0.6 is 0 Å². The van der Waals surface area contributed by atoms with Gasteiger partial charge in [0.25, 0.3) is 12.1 Å². The highest BCUT2D eigenvalue weighted by atomic mass is 19.4. The molecule has 1 amide bonds. The van der Waals surface area contributed by atoms with Gasteiger partial charge in [0, 0.05) is 11.3 Å². The van der Waals surface area contributed by atoms with E-state index in [1.54, 1.807) is 0 Å². The van der Waals surface area contributed by atoms with Crippen molar-refractivity contribution < 1.29 is 41.0 Å². The molecule has 0 saturated heterocycles. The molecule has 1 aromatic carbocycles. The summed E-state index contributed by atoms with van der Waals surface area (Å²) in [4.78, 5) is 12.0. The van der Waals surface area contributed by atoms with Crippen molar-refractivity contribution in [2.24, 2.45) is 0 Å². The standard InChI is InChI=1S/C16H13F6NO3/c17-14(15(18,19)20)16(21,22)26-12-7-1-9(2-8-12)13(25)23-10-3-5-11(24)6-4-10/h1-7,12,14,24H,8H2,(H,23,25)/t12-,14+/m0/s1. The first kappa shape index (κ1) is 19.8. The van der Waals surface area contributed by atoms with Crippen molar-refractivity contribution in [3.8, 4) is 5.75 Å². The minimum atomic E-state index is -5.76. The van der Waals surface area contributed by atoms with E-state index in [4.69, 9.17) is 5.11 Å². The molecule has 0 heterocycles. The zero-order valence-corrected chi connectivity index (χ0v) is 12.9. The Bertz CT molecular complexity index is 712. The van der Waals surface area contributed by atoms with E-state index < -0.39 is 30.5 Å². The quantitative estimate of drug-likeness (QED) is 0.597. The normalized spacial score (nSPS) is 19.0. The lowest BCUT2D eigenvalue weighted by Crippen LogP contribution is -2.45. The zero-order chi connectivity index (χ0) is 19.5. The van der Waals surface area contributed by atoms with Crippen LogP contribution < -0.4 is 5.32 Å². The van der Waals surface area contributed by atoms with Crippen LogP contribution in [-0.4, -0.2) is 35.6 Å². The summed E-state index contributed by atoms with van der Waals surface area (Å²) in [5.41, 5.74) is 0.423. The molecule has 1 aromatic rings. The third-order valence-electron chi connectivity index (χ3n) is 3.34. The fourth-order valence-corrected chi connectivity index (χ4v) is 2.06. The molecule has 142 valence electrons. The van der Waals surface area contributed by atoms with Crippen molar-refractivity contribution in [2.75, 3.05) is 5.32 Å². The van der Waals surface area contributed by atoms with Gasteiger partial charge in [-0.05, 0) is 30.7 Å². The second kappa shape index (κ2) is 7.40. The molecule has 0 saturated carbocycles. The van der Waals surface area contributed by atoms with E-state index in [1.807, 2.05) is 0 Å². The van der Waals surface area contributed by atoms with Crippen molar-refractivity contribution in [1.29, 1.82) is 0 Å². The Labute approximate surface area is 143 Å². The molecular weight excluding hydrogens is 368 g/mol. The van der Waals surface area contributed by atoms with E-state index in [2.05, 4.69) is 10.1 Å². The number of hydrogen-bond acceptors (Lipinski definition) is 3. The summed E-state index contributed by atoms with van der Waals surface area (Å²) >= 11 is 0. The van der Waals surface area contributed by atoms with E-state index in [0.717, 1.165) is 12.2 Å². The molecule has 1 aliphatic carbocycles. The van der Waals surface area contributed by atoms with E-state index in [9.17, 15) is 31.1 Å². The first-order valence-electron chi connectivity index (χ1n) is 7.24. The summed E-state index contributed by atoms with van der Waals surface area (Å²) in [6, 6.07) is 5.51. The molecule has 0 aliphatic heterocycles. The molecule has 26 heavy (non-hydrogen) atoms. The second-order valence-electron chi connectivity index (χ2n) is 5.38. The molecule has 0 bridgehead atoms. The van der Waals surface area contributed by atoms with Gasteiger partial charge in [-0.25, -0.2) is 4.39 Å². The highest BCUT2D eigenvalue weighted by Crippen LogP contribution is 2.37. The maximum atomic E-state index is 13.2. The van der Waals surface area contributed by atoms with E-state index in [1.165, 1.54) is 30.3 Å². The number of phenols is 1. The van der Waals surface area contributed by atoms with E-state index in [-0.39, 0.29) is 17.7 Å². The fraction of sp³-hybridized carbons (Fsp3) is 0.312. The summed E-state index contributed by atoms with van der Waals surface area (Å²) in [6.07, 6.45) is -13.9. The third-order valence-corrected chi connectivity index (χ3v) is 3.34. The first-order chi connectivity index (χ1) is 12.0. The van der Waals surface area contributed by atoms with Crippen molar-refractivity contribution in [2.45, 2.75) is 31.0 Å². The molecular formula is C16H13F6NO3. The Morgan fingerprint density at radius 1 is 1.19 bits per heavy atom. The highest BCUT2D eigenvalue weighted by Gasteiger charge is 2.58. The topological polar surface area (TPSA) is 58.6 Å². The minimum Gasteiger partial charge on any atom is -0.508 e. The third kappa shape index (κ3) is 5.01. The lowest BCUT2D eigenvalue weighted by atomic mass is 10.0. The van der Waals surface area contributed by atoms with Gasteiger partial charge >= 0.3 is 12.3 Å². The average Bonchev–Trinajstić information content (AvgIpc) is 2.55. The van der Waals surface area contributed by atoms with Crippen LogP contribution in [0.4, 0.5) is 32.0 Å². The van der Waals surface area contributed by atoms with Crippen molar-refractivity contribution >= 4 is 11.6 Å². The molecule has 2 N–H and O–H groups in total. The molecule has 1 aliphatic rings. The summed E-state index contributed by atoms with van der Waals surface area (Å²) in [6.45, 7) is 0. The summed E-state index contributed by atoms with van der Waals surface area (Å²) in [5, 5.41) is 11.6. The van der Waals surface area contributed by atoms with Crippen LogP contribution in [0.1, 0.15) is 6.42 Å². The molecule has 10 heteroatoms. The number of halogens is 6. The van der Waals surface area contributed by atoms with Gasteiger partial charge in [0.15, 0.2) is 0 Å². The molecule has 4 nitrogen and oxygen atoms in total. The summed E-state index contributed by atoms with van der Waals surface area (Å²) in [7, 11) is 0. The van der Waals surface area contributed by atoms with Gasteiger partial charge in [0.1, 0.15) is 5.75 Å². The number of carbonyl (C=O) groups is 1. The van der Waals surface area contributed by atoms with Crippen LogP contribution in [0.2, 0.25) is 0 Å². The van der Waals surface area contributed by atoms with Gasteiger partial charge in [-0.15, -0.1) is 0 Å². The number of ether oxygens (including phenoxy) is 1. The zero-order valence-electron chi connectivity index (χ0n) is 12.9. The number of amides is 1. The van der Waals surface area contributed by atoms with Gasteiger partial charge in [-0.1, -0.05) is 18.2 Å². The lowest BCUT2D eigenvalue weighted by molar-refractivity contribution is -0.343. The van der Waals surface area contributed by atoms with Gasteiger partial charge in [0.2, 0.25) is 0 Å². The number of aromatic hydroxyl groups is 1. The number of nitrogens with one attached hydrogen (secondary N) is 1. The van der Waals surface area contributed by atoms with E-state index in [0.29, 0.717) is 5.69 Å². The molecule has 0 aromatic heterocycles. The molecule has 0 radical (unpaired) electrons. The molecule has 2 rings (SSSR count). The van der Waals surface area contributed by atoms with Crippen LogP contribution in [-0.2, 0) is 9.53 Å². The highest BCUT2D eigenvalue weighted by molar-refractivity contribution is 6.05. The summed E-state index contributed by atoms with van der Waals surface area (Å²) < 4.78 is 79.3. The van der Waals surface area contributed by atoms with Gasteiger partial charge in [-0.2, -0.15) is 22.0 Å². The Hall–Kier alpha value is -2.49. The SMILES string of the molecule is O=C(Nc1ccc(O)cc1)C1=CC[C@@H](OC(F)(F)[C@H](F)C(F)(F)F)C=C1. The number of phenolic OH excluding ortho intramolecular Hbond substituents is 1. The van der Waals surface area contributed by atoms with Crippen LogP contribution in [0.5, 0.6) is 5.75 Å². The van der Waals surface area contributed by atoms with Crippen LogP contribution in [0.25, 0.3) is 0 Å². The predicted octanol–water partition coefficient (Wildman–Crippen LogP) is 4.10. The molecule has 0 fully saturated rings. The number of anilines is 1. The number of carbonyl (C=O) groups excluding carboxylic acids is 1. The first-order valence-corrected chi connectivity index (χ1v) is 7.24. The Balaban J connectivity index is 1.94. The molecule has 0 unspecified atom stereocenters. The van der Waals surface area contributed by atoms with Gasteiger partial charge in [0.05, 0.1) is 6.10 Å². The number of benzene rings is 1. The average molecular weight is 381 g/mol. The number of hydrogen-bond donors (Lipinski definition) is 2. The second-order valence-corrected chi connectivity index (χ2v) is 5.38.